The van der Waals surface area contributed by atoms with E-state index in [4.69, 9.17) is 4.74 Å². The van der Waals surface area contributed by atoms with Gasteiger partial charge < -0.3 is 10.1 Å². The molecule has 0 spiro atoms. The van der Waals surface area contributed by atoms with Crippen LogP contribution in [0.15, 0.2) is 16.3 Å². The number of thiophene rings is 1. The maximum atomic E-state index is 12.8. The Bertz CT molecular complexity index is 605. The van der Waals surface area contributed by atoms with Crippen LogP contribution >= 0.6 is 11.3 Å². The van der Waals surface area contributed by atoms with E-state index in [0.29, 0.717) is 30.7 Å². The van der Waals surface area contributed by atoms with E-state index in [1.54, 1.807) is 15.8 Å². The molecule has 118 valence electrons. The van der Waals surface area contributed by atoms with E-state index in [0.717, 1.165) is 11.4 Å². The maximum absolute atomic E-state index is 12.8. The van der Waals surface area contributed by atoms with Crippen LogP contribution < -0.4 is 5.32 Å². The van der Waals surface area contributed by atoms with Crippen LogP contribution in [-0.2, 0) is 21.3 Å². The second-order valence-corrected chi connectivity index (χ2v) is 9.20. The molecule has 0 radical (unpaired) electrons. The molecule has 1 N–H and O–H groups in total. The molecular weight excluding hydrogens is 308 g/mol. The zero-order valence-electron chi connectivity index (χ0n) is 12.5. The molecule has 1 aliphatic heterocycles. The smallest absolute Gasteiger partial charge is 0.244 e. The molecule has 2 heterocycles. The zero-order chi connectivity index (χ0) is 15.1. The molecular formula is C14H22N2O3S2. The summed E-state index contributed by atoms with van der Waals surface area (Å²) in [6.07, 6.45) is 2.47. The predicted molar refractivity (Wildman–Crippen MR) is 83.0 cm³/mol. The molecule has 3 rings (SSSR count). The lowest BCUT2D eigenvalue weighted by Gasteiger charge is -2.40. The third-order valence-corrected chi connectivity index (χ3v) is 7.10. The van der Waals surface area contributed by atoms with E-state index in [1.807, 2.05) is 13.8 Å². The highest BCUT2D eigenvalue weighted by Crippen LogP contribution is 2.30. The Morgan fingerprint density at radius 1 is 1.48 bits per heavy atom. The highest BCUT2D eigenvalue weighted by Gasteiger charge is 2.40. The van der Waals surface area contributed by atoms with Gasteiger partial charge in [0.2, 0.25) is 10.0 Å². The topological polar surface area (TPSA) is 58.6 Å². The molecule has 2 aliphatic rings. The standard InChI is InChI=1S/C14H22N2O3S2/c1-14(2)10-19-6-5-16(14)21(17,18)13-7-12(20-9-13)8-15-11-3-4-11/h7,9,11,15H,3-6,8,10H2,1-2H3. The molecule has 5 nitrogen and oxygen atoms in total. The minimum atomic E-state index is -3.44. The Morgan fingerprint density at radius 3 is 2.90 bits per heavy atom. The molecule has 1 aromatic rings. The van der Waals surface area contributed by atoms with Gasteiger partial charge in [-0.1, -0.05) is 0 Å². The van der Waals surface area contributed by atoms with Crippen LogP contribution in [0.3, 0.4) is 0 Å². The summed E-state index contributed by atoms with van der Waals surface area (Å²) >= 11 is 1.51. The Kier molecular flexibility index (Phi) is 4.13. The number of nitrogens with zero attached hydrogens (tertiary/aromatic N) is 1. The SMILES string of the molecule is CC1(C)COCCN1S(=O)(=O)c1csc(CNC2CC2)c1. The lowest BCUT2D eigenvalue weighted by Crippen LogP contribution is -2.55. The van der Waals surface area contributed by atoms with Crippen LogP contribution in [-0.4, -0.2) is 44.1 Å². The summed E-state index contributed by atoms with van der Waals surface area (Å²) in [6.45, 7) is 5.89. The summed E-state index contributed by atoms with van der Waals surface area (Å²) in [6, 6.07) is 2.44. The van der Waals surface area contributed by atoms with Crippen LogP contribution in [0, 0.1) is 0 Å². The number of rotatable bonds is 5. The third kappa shape index (κ3) is 3.32. The van der Waals surface area contributed by atoms with E-state index in [-0.39, 0.29) is 0 Å². The predicted octanol–water partition coefficient (Wildman–Crippen LogP) is 1.80. The molecule has 1 aliphatic carbocycles. The molecule has 0 atom stereocenters. The Balaban J connectivity index is 1.77. The van der Waals surface area contributed by atoms with Crippen molar-refractivity contribution in [1.82, 2.24) is 9.62 Å². The Morgan fingerprint density at radius 2 is 2.24 bits per heavy atom. The van der Waals surface area contributed by atoms with Crippen molar-refractivity contribution in [2.24, 2.45) is 0 Å². The number of hydrogen-bond donors (Lipinski definition) is 1. The maximum Gasteiger partial charge on any atom is 0.244 e. The van der Waals surface area contributed by atoms with E-state index in [9.17, 15) is 8.42 Å². The van der Waals surface area contributed by atoms with Crippen molar-refractivity contribution in [2.75, 3.05) is 19.8 Å². The second-order valence-electron chi connectivity index (χ2n) is 6.35. The minimum absolute atomic E-state index is 0.412. The first-order valence-corrected chi connectivity index (χ1v) is 9.63. The number of nitrogens with one attached hydrogen (secondary N) is 1. The van der Waals surface area contributed by atoms with E-state index in [1.165, 1.54) is 24.2 Å². The first-order valence-electron chi connectivity index (χ1n) is 7.31. The van der Waals surface area contributed by atoms with Gasteiger partial charge in [0.25, 0.3) is 0 Å². The molecule has 2 fully saturated rings. The molecule has 0 unspecified atom stereocenters. The van der Waals surface area contributed by atoms with Gasteiger partial charge >= 0.3 is 0 Å². The summed E-state index contributed by atoms with van der Waals surface area (Å²) in [5, 5.41) is 5.17. The third-order valence-electron chi connectivity index (χ3n) is 3.93. The fourth-order valence-corrected chi connectivity index (χ4v) is 5.50. The summed E-state index contributed by atoms with van der Waals surface area (Å²) in [4.78, 5) is 1.49. The van der Waals surface area contributed by atoms with Crippen molar-refractivity contribution in [3.8, 4) is 0 Å². The van der Waals surface area contributed by atoms with Crippen LogP contribution in [0.4, 0.5) is 0 Å². The summed E-state index contributed by atoms with van der Waals surface area (Å²) in [5.41, 5.74) is -0.495. The molecule has 7 heteroatoms. The van der Waals surface area contributed by atoms with Crippen molar-refractivity contribution < 1.29 is 13.2 Å². The first kappa shape index (κ1) is 15.4. The van der Waals surface area contributed by atoms with Crippen molar-refractivity contribution in [3.63, 3.8) is 0 Å². The average molecular weight is 330 g/mol. The molecule has 1 saturated heterocycles. The van der Waals surface area contributed by atoms with E-state index in [2.05, 4.69) is 5.32 Å². The first-order chi connectivity index (χ1) is 9.89. The van der Waals surface area contributed by atoms with Crippen LogP contribution in [0.2, 0.25) is 0 Å². The van der Waals surface area contributed by atoms with Gasteiger partial charge in [-0.15, -0.1) is 11.3 Å². The highest BCUT2D eigenvalue weighted by atomic mass is 32.2. The number of sulfonamides is 1. The molecule has 1 saturated carbocycles. The van der Waals surface area contributed by atoms with Gasteiger partial charge in [0.1, 0.15) is 0 Å². The summed E-state index contributed by atoms with van der Waals surface area (Å²) in [5.74, 6) is 0. The second kappa shape index (κ2) is 5.62. The van der Waals surface area contributed by atoms with Gasteiger partial charge in [-0.2, -0.15) is 4.31 Å². The summed E-state index contributed by atoms with van der Waals surface area (Å²) in [7, 11) is -3.44. The van der Waals surface area contributed by atoms with E-state index >= 15 is 0 Å². The van der Waals surface area contributed by atoms with Gasteiger partial charge in [0.05, 0.1) is 23.6 Å². The molecule has 1 aromatic heterocycles. The quantitative estimate of drug-likeness (QED) is 0.894. The Hall–Kier alpha value is -0.470. The number of morpholine rings is 1. The number of ether oxygens (including phenoxy) is 1. The Labute approximate surface area is 130 Å². The molecule has 21 heavy (non-hydrogen) atoms. The van der Waals surface area contributed by atoms with Crippen LogP contribution in [0.5, 0.6) is 0 Å². The molecule has 0 amide bonds. The fraction of sp³-hybridized carbons (Fsp3) is 0.714. The van der Waals surface area contributed by atoms with Gasteiger partial charge in [-0.05, 0) is 32.8 Å². The lowest BCUT2D eigenvalue weighted by molar-refractivity contribution is -0.00769. The van der Waals surface area contributed by atoms with Crippen molar-refractivity contribution in [2.45, 2.75) is 49.7 Å². The monoisotopic (exact) mass is 330 g/mol. The van der Waals surface area contributed by atoms with Crippen LogP contribution in [0.25, 0.3) is 0 Å². The largest absolute Gasteiger partial charge is 0.378 e. The zero-order valence-corrected chi connectivity index (χ0v) is 14.1. The normalized spacial score (nSPS) is 23.3. The minimum Gasteiger partial charge on any atom is -0.378 e. The lowest BCUT2D eigenvalue weighted by atomic mass is 10.1. The van der Waals surface area contributed by atoms with Crippen molar-refractivity contribution in [1.29, 1.82) is 0 Å². The van der Waals surface area contributed by atoms with Gasteiger partial charge in [-0.25, -0.2) is 8.42 Å². The fourth-order valence-electron chi connectivity index (χ4n) is 2.54. The van der Waals surface area contributed by atoms with E-state index < -0.39 is 15.6 Å². The highest BCUT2D eigenvalue weighted by molar-refractivity contribution is 7.89. The average Bonchev–Trinajstić information content (AvgIpc) is 3.11. The van der Waals surface area contributed by atoms with Crippen molar-refractivity contribution >= 4 is 21.4 Å². The van der Waals surface area contributed by atoms with Gasteiger partial charge in [0.15, 0.2) is 0 Å². The number of hydrogen-bond acceptors (Lipinski definition) is 5. The van der Waals surface area contributed by atoms with Crippen molar-refractivity contribution in [3.05, 3.63) is 16.3 Å². The van der Waals surface area contributed by atoms with Crippen LogP contribution in [0.1, 0.15) is 31.6 Å². The molecule has 0 bridgehead atoms. The molecule has 0 aromatic carbocycles. The van der Waals surface area contributed by atoms with Gasteiger partial charge in [0, 0.05) is 29.4 Å². The summed E-state index contributed by atoms with van der Waals surface area (Å²) < 4.78 is 32.6. The van der Waals surface area contributed by atoms with Gasteiger partial charge in [-0.3, -0.25) is 0 Å².